The van der Waals surface area contributed by atoms with E-state index in [2.05, 4.69) is 29.3 Å². The highest BCUT2D eigenvalue weighted by atomic mass is 32.1. The maximum atomic E-state index is 5.06. The number of thiophene rings is 1. The van der Waals surface area contributed by atoms with E-state index in [1.54, 1.807) is 24.8 Å². The average Bonchev–Trinajstić information content (AvgIpc) is 2.94. The molecule has 16 heavy (non-hydrogen) atoms. The van der Waals surface area contributed by atoms with Gasteiger partial charge in [-0.25, -0.2) is 0 Å². The average molecular weight is 237 g/mol. The summed E-state index contributed by atoms with van der Waals surface area (Å²) in [6.45, 7) is 3.63. The summed E-state index contributed by atoms with van der Waals surface area (Å²) in [5.41, 5.74) is 0. The van der Waals surface area contributed by atoms with Crippen LogP contribution in [0.3, 0.4) is 0 Å². The Morgan fingerprint density at radius 2 is 2.31 bits per heavy atom. The van der Waals surface area contributed by atoms with Gasteiger partial charge in [0.05, 0.1) is 11.5 Å². The third kappa shape index (κ3) is 2.31. The van der Waals surface area contributed by atoms with E-state index in [1.807, 2.05) is 4.57 Å². The van der Waals surface area contributed by atoms with E-state index >= 15 is 0 Å². The zero-order valence-corrected chi connectivity index (χ0v) is 10.3. The zero-order chi connectivity index (χ0) is 11.4. The minimum absolute atomic E-state index is 0.678. The molecule has 0 unspecified atom stereocenters. The monoisotopic (exact) mass is 237 g/mol. The van der Waals surface area contributed by atoms with E-state index in [9.17, 15) is 0 Å². The standard InChI is InChI=1S/C11H15N3OS/c1-3-9-4-5-10(16-9)11-13-12-8-14(11)6-7-15-2/h4-5,8H,3,6-7H2,1-2H3. The van der Waals surface area contributed by atoms with Crippen LogP contribution >= 0.6 is 11.3 Å². The van der Waals surface area contributed by atoms with Crippen molar-refractivity contribution in [1.29, 1.82) is 0 Å². The van der Waals surface area contributed by atoms with Crippen molar-refractivity contribution in [3.63, 3.8) is 0 Å². The van der Waals surface area contributed by atoms with Crippen molar-refractivity contribution in [3.8, 4) is 10.7 Å². The van der Waals surface area contributed by atoms with Crippen LogP contribution in [-0.4, -0.2) is 28.5 Å². The minimum atomic E-state index is 0.678. The minimum Gasteiger partial charge on any atom is -0.383 e. The molecular formula is C11H15N3OS. The van der Waals surface area contributed by atoms with Gasteiger partial charge in [0.2, 0.25) is 0 Å². The Hall–Kier alpha value is -1.20. The van der Waals surface area contributed by atoms with Crippen LogP contribution in [-0.2, 0) is 17.7 Å². The fraction of sp³-hybridized carbons (Fsp3) is 0.455. The summed E-state index contributed by atoms with van der Waals surface area (Å²) >= 11 is 1.77. The molecular weight excluding hydrogens is 222 g/mol. The Morgan fingerprint density at radius 1 is 1.44 bits per heavy atom. The fourth-order valence-corrected chi connectivity index (χ4v) is 2.44. The van der Waals surface area contributed by atoms with Crippen molar-refractivity contribution in [3.05, 3.63) is 23.3 Å². The van der Waals surface area contributed by atoms with Crippen molar-refractivity contribution in [2.45, 2.75) is 19.9 Å². The second kappa shape index (κ2) is 5.23. The van der Waals surface area contributed by atoms with Crippen LogP contribution < -0.4 is 0 Å². The van der Waals surface area contributed by atoms with Crippen LogP contribution in [0.5, 0.6) is 0 Å². The van der Waals surface area contributed by atoms with Gasteiger partial charge in [-0.2, -0.15) is 0 Å². The molecule has 0 spiro atoms. The Kier molecular flexibility index (Phi) is 3.69. The number of hydrogen-bond acceptors (Lipinski definition) is 4. The van der Waals surface area contributed by atoms with E-state index in [4.69, 9.17) is 4.74 Å². The highest BCUT2D eigenvalue weighted by Crippen LogP contribution is 2.26. The lowest BCUT2D eigenvalue weighted by Crippen LogP contribution is -2.04. The molecule has 0 fully saturated rings. The highest BCUT2D eigenvalue weighted by Gasteiger charge is 2.09. The molecule has 0 aromatic carbocycles. The molecule has 0 aliphatic rings. The van der Waals surface area contributed by atoms with Gasteiger partial charge < -0.3 is 9.30 Å². The quantitative estimate of drug-likeness (QED) is 0.800. The lowest BCUT2D eigenvalue weighted by molar-refractivity contribution is 0.187. The van der Waals surface area contributed by atoms with Crippen molar-refractivity contribution < 1.29 is 4.74 Å². The Labute approximate surface area is 98.9 Å². The number of aromatic nitrogens is 3. The third-order valence-corrected chi connectivity index (χ3v) is 3.61. The number of methoxy groups -OCH3 is 1. The first-order chi connectivity index (χ1) is 7.85. The number of hydrogen-bond donors (Lipinski definition) is 0. The van der Waals surface area contributed by atoms with Gasteiger partial charge >= 0.3 is 0 Å². The molecule has 0 amide bonds. The molecule has 0 atom stereocenters. The molecule has 4 nitrogen and oxygen atoms in total. The van der Waals surface area contributed by atoms with Crippen LogP contribution in [0, 0.1) is 0 Å². The molecule has 0 saturated heterocycles. The van der Waals surface area contributed by atoms with Crippen LogP contribution in [0.2, 0.25) is 0 Å². The van der Waals surface area contributed by atoms with Crippen molar-refractivity contribution in [2.75, 3.05) is 13.7 Å². The normalized spacial score (nSPS) is 10.9. The van der Waals surface area contributed by atoms with Gasteiger partial charge in [0.1, 0.15) is 6.33 Å². The third-order valence-electron chi connectivity index (χ3n) is 2.38. The Bertz CT molecular complexity index is 450. The number of rotatable bonds is 5. The van der Waals surface area contributed by atoms with Crippen molar-refractivity contribution >= 4 is 11.3 Å². The highest BCUT2D eigenvalue weighted by molar-refractivity contribution is 7.15. The van der Waals surface area contributed by atoms with Crippen LogP contribution in [0.25, 0.3) is 10.7 Å². The topological polar surface area (TPSA) is 39.9 Å². The Morgan fingerprint density at radius 3 is 3.00 bits per heavy atom. The molecule has 2 aromatic rings. The molecule has 86 valence electrons. The van der Waals surface area contributed by atoms with E-state index in [0.717, 1.165) is 18.8 Å². The maximum Gasteiger partial charge on any atom is 0.173 e. The maximum absolute atomic E-state index is 5.06. The second-order valence-corrected chi connectivity index (χ2v) is 4.63. The van der Waals surface area contributed by atoms with Gasteiger partial charge in [0.25, 0.3) is 0 Å². The molecule has 0 N–H and O–H groups in total. The molecule has 0 aliphatic carbocycles. The largest absolute Gasteiger partial charge is 0.383 e. The molecule has 2 aromatic heterocycles. The fourth-order valence-electron chi connectivity index (χ4n) is 1.49. The second-order valence-electron chi connectivity index (χ2n) is 3.46. The van der Waals surface area contributed by atoms with Crippen LogP contribution in [0.1, 0.15) is 11.8 Å². The summed E-state index contributed by atoms with van der Waals surface area (Å²) in [4.78, 5) is 2.54. The van der Waals surface area contributed by atoms with E-state index in [-0.39, 0.29) is 0 Å². The first kappa shape index (κ1) is 11.3. The zero-order valence-electron chi connectivity index (χ0n) is 9.51. The molecule has 2 rings (SSSR count). The summed E-state index contributed by atoms with van der Waals surface area (Å²) in [7, 11) is 1.70. The molecule has 5 heteroatoms. The summed E-state index contributed by atoms with van der Waals surface area (Å²) in [6, 6.07) is 4.26. The van der Waals surface area contributed by atoms with Gasteiger partial charge in [-0.05, 0) is 18.6 Å². The van der Waals surface area contributed by atoms with Crippen LogP contribution in [0.4, 0.5) is 0 Å². The lowest BCUT2D eigenvalue weighted by atomic mass is 10.3. The summed E-state index contributed by atoms with van der Waals surface area (Å²) in [5, 5.41) is 8.11. The summed E-state index contributed by atoms with van der Waals surface area (Å²) in [6.07, 6.45) is 2.82. The van der Waals surface area contributed by atoms with Crippen LogP contribution in [0.15, 0.2) is 18.5 Å². The first-order valence-corrected chi connectivity index (χ1v) is 6.12. The van der Waals surface area contributed by atoms with Gasteiger partial charge in [-0.15, -0.1) is 21.5 Å². The lowest BCUT2D eigenvalue weighted by Gasteiger charge is -2.03. The molecule has 0 saturated carbocycles. The van der Waals surface area contributed by atoms with Crippen molar-refractivity contribution in [2.24, 2.45) is 0 Å². The predicted octanol–water partition coefficient (Wildman–Crippen LogP) is 2.22. The summed E-state index contributed by atoms with van der Waals surface area (Å²) < 4.78 is 7.08. The SMILES string of the molecule is CCc1ccc(-c2nncn2CCOC)s1. The molecule has 0 bridgehead atoms. The predicted molar refractivity (Wildman–Crippen MR) is 64.6 cm³/mol. The summed E-state index contributed by atoms with van der Waals surface area (Å²) in [5.74, 6) is 0.932. The Balaban J connectivity index is 2.22. The van der Waals surface area contributed by atoms with Gasteiger partial charge in [-0.3, -0.25) is 0 Å². The first-order valence-electron chi connectivity index (χ1n) is 5.31. The van der Waals surface area contributed by atoms with E-state index < -0.39 is 0 Å². The number of ether oxygens (including phenoxy) is 1. The molecule has 0 aliphatic heterocycles. The molecule has 0 radical (unpaired) electrons. The number of nitrogens with zero attached hydrogens (tertiary/aromatic N) is 3. The number of aryl methyl sites for hydroxylation is 1. The van der Waals surface area contributed by atoms with E-state index in [1.165, 1.54) is 9.75 Å². The smallest absolute Gasteiger partial charge is 0.173 e. The van der Waals surface area contributed by atoms with Gasteiger partial charge in [0, 0.05) is 18.5 Å². The van der Waals surface area contributed by atoms with Gasteiger partial charge in [0.15, 0.2) is 5.82 Å². The van der Waals surface area contributed by atoms with E-state index in [0.29, 0.717) is 6.61 Å². The molecule has 2 heterocycles. The van der Waals surface area contributed by atoms with Gasteiger partial charge in [-0.1, -0.05) is 6.92 Å². The van der Waals surface area contributed by atoms with Crippen molar-refractivity contribution in [1.82, 2.24) is 14.8 Å².